The summed E-state index contributed by atoms with van der Waals surface area (Å²) in [6.45, 7) is 2.09. The molecule has 1 saturated carbocycles. The summed E-state index contributed by atoms with van der Waals surface area (Å²) in [5.41, 5.74) is 0.710. The van der Waals surface area contributed by atoms with Gasteiger partial charge in [-0.25, -0.2) is 4.39 Å². The smallest absolute Gasteiger partial charge is 0.126 e. The molecule has 1 aromatic rings. The van der Waals surface area contributed by atoms with E-state index in [1.54, 1.807) is 6.07 Å². The Morgan fingerprint density at radius 1 is 1.27 bits per heavy atom. The van der Waals surface area contributed by atoms with Crippen molar-refractivity contribution in [1.82, 2.24) is 0 Å². The first kappa shape index (κ1) is 10.6. The van der Waals surface area contributed by atoms with Gasteiger partial charge in [0.25, 0.3) is 0 Å². The standard InChI is InChI=1S/C13H17FO/c1-13(8-6-10(15)7-9-13)11-4-2-3-5-12(11)14/h2-5,10,15H,6-9H2,1H3. The van der Waals surface area contributed by atoms with E-state index in [0.29, 0.717) is 0 Å². The van der Waals surface area contributed by atoms with Crippen LogP contribution in [-0.2, 0) is 5.41 Å². The first-order valence-corrected chi connectivity index (χ1v) is 5.55. The molecule has 0 unspecified atom stereocenters. The summed E-state index contributed by atoms with van der Waals surface area (Å²) in [5, 5.41) is 9.46. The van der Waals surface area contributed by atoms with E-state index in [1.807, 2.05) is 12.1 Å². The van der Waals surface area contributed by atoms with Gasteiger partial charge >= 0.3 is 0 Å². The molecule has 2 heteroatoms. The van der Waals surface area contributed by atoms with Gasteiger partial charge in [-0.1, -0.05) is 25.1 Å². The molecule has 1 nitrogen and oxygen atoms in total. The van der Waals surface area contributed by atoms with E-state index in [9.17, 15) is 9.50 Å². The minimum atomic E-state index is -0.190. The molecule has 0 spiro atoms. The molecule has 0 saturated heterocycles. The minimum Gasteiger partial charge on any atom is -0.393 e. The largest absolute Gasteiger partial charge is 0.393 e. The molecule has 1 aromatic carbocycles. The lowest BCUT2D eigenvalue weighted by Gasteiger charge is -2.36. The van der Waals surface area contributed by atoms with Crippen LogP contribution in [0.4, 0.5) is 4.39 Å². The van der Waals surface area contributed by atoms with Crippen LogP contribution in [-0.4, -0.2) is 11.2 Å². The van der Waals surface area contributed by atoms with Crippen molar-refractivity contribution in [3.05, 3.63) is 35.6 Å². The van der Waals surface area contributed by atoms with Gasteiger partial charge in [0.15, 0.2) is 0 Å². The number of hydrogen-bond acceptors (Lipinski definition) is 1. The van der Waals surface area contributed by atoms with Gasteiger partial charge in [-0.2, -0.15) is 0 Å². The molecule has 1 N–H and O–H groups in total. The second-order valence-corrected chi connectivity index (χ2v) is 4.77. The third-order valence-electron chi connectivity index (χ3n) is 3.58. The lowest BCUT2D eigenvalue weighted by molar-refractivity contribution is 0.0993. The van der Waals surface area contributed by atoms with Crippen LogP contribution < -0.4 is 0 Å². The molecular formula is C13H17FO. The average Bonchev–Trinajstić information content (AvgIpc) is 2.23. The number of hydrogen-bond donors (Lipinski definition) is 1. The van der Waals surface area contributed by atoms with Crippen molar-refractivity contribution >= 4 is 0 Å². The summed E-state index contributed by atoms with van der Waals surface area (Å²) in [6.07, 6.45) is 3.12. The maximum Gasteiger partial charge on any atom is 0.126 e. The molecule has 2 rings (SSSR count). The number of aliphatic hydroxyl groups excluding tert-OH is 1. The van der Waals surface area contributed by atoms with Crippen molar-refractivity contribution in [2.45, 2.75) is 44.1 Å². The summed E-state index contributed by atoms with van der Waals surface area (Å²) in [6, 6.07) is 6.99. The van der Waals surface area contributed by atoms with E-state index in [1.165, 1.54) is 6.07 Å². The molecule has 1 aliphatic carbocycles. The minimum absolute atomic E-state index is 0.0927. The zero-order valence-electron chi connectivity index (χ0n) is 9.04. The van der Waals surface area contributed by atoms with Crippen LogP contribution in [0.25, 0.3) is 0 Å². The second kappa shape index (κ2) is 3.93. The Labute approximate surface area is 89.9 Å². The van der Waals surface area contributed by atoms with Crippen LogP contribution >= 0.6 is 0 Å². The zero-order valence-corrected chi connectivity index (χ0v) is 9.04. The molecule has 0 atom stereocenters. The van der Waals surface area contributed by atoms with Crippen LogP contribution in [0, 0.1) is 5.82 Å². The Morgan fingerprint density at radius 2 is 1.87 bits per heavy atom. The summed E-state index contributed by atoms with van der Waals surface area (Å²) in [7, 11) is 0. The van der Waals surface area contributed by atoms with Crippen molar-refractivity contribution in [1.29, 1.82) is 0 Å². The van der Waals surface area contributed by atoms with Gasteiger partial charge in [-0.15, -0.1) is 0 Å². The molecule has 1 aliphatic rings. The van der Waals surface area contributed by atoms with Crippen LogP contribution in [0.1, 0.15) is 38.2 Å². The molecule has 1 fully saturated rings. The second-order valence-electron chi connectivity index (χ2n) is 4.77. The molecule has 15 heavy (non-hydrogen) atoms. The lowest BCUT2D eigenvalue weighted by Crippen LogP contribution is -2.31. The van der Waals surface area contributed by atoms with Crippen LogP contribution in [0.15, 0.2) is 24.3 Å². The van der Waals surface area contributed by atoms with E-state index in [2.05, 4.69) is 6.92 Å². The van der Waals surface area contributed by atoms with Gasteiger partial charge in [0.1, 0.15) is 5.82 Å². The summed E-state index contributed by atoms with van der Waals surface area (Å²) >= 11 is 0. The Balaban J connectivity index is 2.26. The molecule has 0 radical (unpaired) electrons. The first-order chi connectivity index (χ1) is 7.12. The highest BCUT2D eigenvalue weighted by atomic mass is 19.1. The molecule has 0 aliphatic heterocycles. The number of aliphatic hydroxyl groups is 1. The molecule has 0 amide bonds. The van der Waals surface area contributed by atoms with Gasteiger partial charge in [-0.05, 0) is 42.7 Å². The Morgan fingerprint density at radius 3 is 2.47 bits per heavy atom. The topological polar surface area (TPSA) is 20.2 Å². The van der Waals surface area contributed by atoms with E-state index in [-0.39, 0.29) is 17.3 Å². The van der Waals surface area contributed by atoms with Gasteiger partial charge in [0.05, 0.1) is 6.10 Å². The average molecular weight is 208 g/mol. The molecule has 0 bridgehead atoms. The quantitative estimate of drug-likeness (QED) is 0.752. The van der Waals surface area contributed by atoms with Crippen molar-refractivity contribution < 1.29 is 9.50 Å². The Kier molecular flexibility index (Phi) is 2.79. The van der Waals surface area contributed by atoms with Crippen molar-refractivity contribution in [3.63, 3.8) is 0 Å². The van der Waals surface area contributed by atoms with E-state index in [0.717, 1.165) is 31.2 Å². The maximum atomic E-state index is 13.7. The highest BCUT2D eigenvalue weighted by Gasteiger charge is 2.33. The Bertz CT molecular complexity index is 340. The number of rotatable bonds is 1. The maximum absolute atomic E-state index is 13.7. The number of benzene rings is 1. The van der Waals surface area contributed by atoms with Crippen LogP contribution in [0.2, 0.25) is 0 Å². The lowest BCUT2D eigenvalue weighted by atomic mass is 9.70. The van der Waals surface area contributed by atoms with Crippen molar-refractivity contribution in [3.8, 4) is 0 Å². The van der Waals surface area contributed by atoms with E-state index >= 15 is 0 Å². The van der Waals surface area contributed by atoms with Gasteiger partial charge < -0.3 is 5.11 Å². The monoisotopic (exact) mass is 208 g/mol. The Hall–Kier alpha value is -0.890. The molecule has 0 heterocycles. The molecule has 82 valence electrons. The first-order valence-electron chi connectivity index (χ1n) is 5.55. The van der Waals surface area contributed by atoms with Crippen LogP contribution in [0.5, 0.6) is 0 Å². The normalized spacial score (nSPS) is 31.5. The third-order valence-corrected chi connectivity index (χ3v) is 3.58. The summed E-state index contributed by atoms with van der Waals surface area (Å²) < 4.78 is 13.7. The van der Waals surface area contributed by atoms with Crippen molar-refractivity contribution in [2.24, 2.45) is 0 Å². The highest BCUT2D eigenvalue weighted by Crippen LogP contribution is 2.39. The SMILES string of the molecule is CC1(c2ccccc2F)CCC(O)CC1. The fourth-order valence-electron chi connectivity index (χ4n) is 2.46. The van der Waals surface area contributed by atoms with Crippen molar-refractivity contribution in [2.75, 3.05) is 0 Å². The third kappa shape index (κ3) is 2.05. The fourth-order valence-corrected chi connectivity index (χ4v) is 2.46. The summed E-state index contributed by atoms with van der Waals surface area (Å²) in [5.74, 6) is -0.114. The van der Waals surface area contributed by atoms with E-state index in [4.69, 9.17) is 0 Å². The predicted octanol–water partition coefficient (Wildman–Crippen LogP) is 3.02. The van der Waals surface area contributed by atoms with Crippen LogP contribution in [0.3, 0.4) is 0 Å². The zero-order chi connectivity index (χ0) is 10.9. The fraction of sp³-hybridized carbons (Fsp3) is 0.538. The van der Waals surface area contributed by atoms with Gasteiger partial charge in [-0.3, -0.25) is 0 Å². The van der Waals surface area contributed by atoms with Gasteiger partial charge in [0, 0.05) is 0 Å². The molecule has 0 aromatic heterocycles. The molecular weight excluding hydrogens is 191 g/mol. The highest BCUT2D eigenvalue weighted by molar-refractivity contribution is 5.26. The van der Waals surface area contributed by atoms with E-state index < -0.39 is 0 Å². The van der Waals surface area contributed by atoms with Gasteiger partial charge in [0.2, 0.25) is 0 Å². The number of halogens is 1. The predicted molar refractivity (Wildman–Crippen MR) is 58.2 cm³/mol. The summed E-state index contributed by atoms with van der Waals surface area (Å²) in [4.78, 5) is 0.